The van der Waals surface area contributed by atoms with Gasteiger partial charge < -0.3 is 14.7 Å². The Morgan fingerprint density at radius 2 is 2.12 bits per heavy atom. The Morgan fingerprint density at radius 1 is 1.32 bits per heavy atom. The lowest BCUT2D eigenvalue weighted by Gasteiger charge is -2.25. The summed E-state index contributed by atoms with van der Waals surface area (Å²) in [4.78, 5) is 25.1. The summed E-state index contributed by atoms with van der Waals surface area (Å²) in [5, 5.41) is 8.90. The summed E-state index contributed by atoms with van der Waals surface area (Å²) in [5.74, 6) is -3.09. The highest BCUT2D eigenvalue weighted by molar-refractivity contribution is 5.83. The Morgan fingerprint density at radius 3 is 2.76 bits per heavy atom. The number of rotatable bonds is 7. The number of ether oxygens (including phenoxy) is 1. The van der Waals surface area contributed by atoms with E-state index in [2.05, 4.69) is 0 Å². The molecule has 1 saturated heterocycles. The van der Waals surface area contributed by atoms with Gasteiger partial charge in [-0.1, -0.05) is 6.07 Å². The molecule has 25 heavy (non-hydrogen) atoms. The van der Waals surface area contributed by atoms with Gasteiger partial charge in [-0.15, -0.1) is 0 Å². The number of carbonyl (C=O) groups is 2. The average Bonchev–Trinajstić information content (AvgIpc) is 3.17. The number of benzene rings is 1. The first-order valence-electron chi connectivity index (χ1n) is 8.53. The van der Waals surface area contributed by atoms with Crippen molar-refractivity contribution in [2.45, 2.75) is 37.7 Å². The smallest absolute Gasteiger partial charge is 0.305 e. The van der Waals surface area contributed by atoms with Crippen molar-refractivity contribution in [1.29, 1.82) is 0 Å². The van der Waals surface area contributed by atoms with E-state index in [1.165, 1.54) is 17.0 Å². The lowest BCUT2D eigenvalue weighted by Crippen LogP contribution is -2.39. The molecule has 0 radical (unpaired) electrons. The minimum atomic E-state index is -0.970. The van der Waals surface area contributed by atoms with E-state index in [1.54, 1.807) is 0 Å². The predicted octanol–water partition coefficient (Wildman–Crippen LogP) is 2.55. The normalized spacial score (nSPS) is 25.0. The third kappa shape index (κ3) is 4.34. The van der Waals surface area contributed by atoms with Crippen LogP contribution in [0, 0.1) is 17.6 Å². The molecule has 7 heteroatoms. The van der Waals surface area contributed by atoms with Crippen LogP contribution in [0.2, 0.25) is 0 Å². The van der Waals surface area contributed by atoms with E-state index in [0.717, 1.165) is 18.9 Å². The fourth-order valence-corrected chi connectivity index (χ4v) is 3.40. The average molecular weight is 353 g/mol. The van der Waals surface area contributed by atoms with Gasteiger partial charge in [0.1, 0.15) is 11.6 Å². The van der Waals surface area contributed by atoms with Crippen molar-refractivity contribution < 1.29 is 28.2 Å². The molecule has 3 unspecified atom stereocenters. The van der Waals surface area contributed by atoms with Crippen molar-refractivity contribution in [1.82, 2.24) is 4.90 Å². The molecule has 1 aliphatic carbocycles. The van der Waals surface area contributed by atoms with Gasteiger partial charge in [-0.05, 0) is 36.8 Å². The Labute approximate surface area is 144 Å². The van der Waals surface area contributed by atoms with Crippen LogP contribution in [0.15, 0.2) is 18.2 Å². The fourth-order valence-electron chi connectivity index (χ4n) is 3.40. The molecule has 2 aliphatic rings. The Kier molecular flexibility index (Phi) is 5.32. The van der Waals surface area contributed by atoms with Gasteiger partial charge in [-0.25, -0.2) is 8.78 Å². The number of carboxylic acids is 1. The zero-order valence-electron chi connectivity index (χ0n) is 13.8. The third-order valence-corrected chi connectivity index (χ3v) is 4.82. The van der Waals surface area contributed by atoms with Gasteiger partial charge in [0.05, 0.1) is 12.5 Å². The van der Waals surface area contributed by atoms with Gasteiger partial charge >= 0.3 is 5.97 Å². The summed E-state index contributed by atoms with van der Waals surface area (Å²) < 4.78 is 32.5. The zero-order chi connectivity index (χ0) is 18.0. The lowest BCUT2D eigenvalue weighted by atomic mass is 10.1. The number of amides is 1. The molecule has 5 nitrogen and oxygen atoms in total. The van der Waals surface area contributed by atoms with Crippen LogP contribution in [-0.2, 0) is 14.3 Å². The molecule has 1 aliphatic heterocycles. The molecule has 3 atom stereocenters. The molecule has 0 spiro atoms. The number of carbonyl (C=O) groups excluding carboxylic acids is 1. The Hall–Kier alpha value is -2.02. The summed E-state index contributed by atoms with van der Waals surface area (Å²) in [6.45, 7) is 1.13. The number of carboxylic acid groups (broad SMARTS) is 1. The van der Waals surface area contributed by atoms with Crippen molar-refractivity contribution in [2.24, 2.45) is 5.92 Å². The van der Waals surface area contributed by atoms with Crippen LogP contribution in [0.25, 0.3) is 0 Å². The van der Waals surface area contributed by atoms with E-state index in [9.17, 15) is 18.4 Å². The molecule has 3 rings (SSSR count). The van der Waals surface area contributed by atoms with E-state index in [4.69, 9.17) is 9.84 Å². The van der Waals surface area contributed by atoms with Crippen LogP contribution < -0.4 is 0 Å². The molecular weight excluding hydrogens is 332 g/mol. The molecule has 2 fully saturated rings. The molecule has 1 amide bonds. The standard InChI is InChI=1S/C18H21F2NO4/c19-11-3-4-13(16(20)8-11)14-9-15(14)18(24)21(6-5-17(22)23)10-12-2-1-7-25-12/h3-4,8,12,14-15H,1-2,5-7,9-10H2,(H,22,23). The Balaban J connectivity index is 1.66. The molecule has 0 bridgehead atoms. The van der Waals surface area contributed by atoms with Crippen LogP contribution in [-0.4, -0.2) is 47.7 Å². The zero-order valence-corrected chi connectivity index (χ0v) is 13.8. The SMILES string of the molecule is O=C(O)CCN(CC1CCCO1)C(=O)C1CC1c1ccc(F)cc1F. The third-order valence-electron chi connectivity index (χ3n) is 4.82. The quantitative estimate of drug-likeness (QED) is 0.818. The molecule has 0 aromatic heterocycles. The largest absolute Gasteiger partial charge is 0.481 e. The number of hydrogen-bond acceptors (Lipinski definition) is 3. The summed E-state index contributed by atoms with van der Waals surface area (Å²) in [7, 11) is 0. The highest BCUT2D eigenvalue weighted by atomic mass is 19.1. The summed E-state index contributed by atoms with van der Waals surface area (Å²) >= 11 is 0. The Bertz CT molecular complexity index is 660. The minimum absolute atomic E-state index is 0.0718. The van der Waals surface area contributed by atoms with Crippen molar-refractivity contribution >= 4 is 11.9 Å². The van der Waals surface area contributed by atoms with E-state index in [0.29, 0.717) is 25.1 Å². The first-order valence-corrected chi connectivity index (χ1v) is 8.53. The van der Waals surface area contributed by atoms with Crippen LogP contribution in [0.5, 0.6) is 0 Å². The number of halogens is 2. The van der Waals surface area contributed by atoms with Gasteiger partial charge in [-0.2, -0.15) is 0 Å². The second-order valence-corrected chi connectivity index (χ2v) is 6.68. The summed E-state index contributed by atoms with van der Waals surface area (Å²) in [6, 6.07) is 3.39. The van der Waals surface area contributed by atoms with Crippen LogP contribution in [0.3, 0.4) is 0 Å². The van der Waals surface area contributed by atoms with Gasteiger partial charge in [-0.3, -0.25) is 9.59 Å². The maximum atomic E-state index is 13.9. The second kappa shape index (κ2) is 7.47. The predicted molar refractivity (Wildman–Crippen MR) is 85.0 cm³/mol. The van der Waals surface area contributed by atoms with E-state index in [-0.39, 0.29) is 36.8 Å². The second-order valence-electron chi connectivity index (χ2n) is 6.68. The highest BCUT2D eigenvalue weighted by Gasteiger charge is 2.47. The highest BCUT2D eigenvalue weighted by Crippen LogP contribution is 2.49. The van der Waals surface area contributed by atoms with Crippen molar-refractivity contribution in [3.05, 3.63) is 35.4 Å². The van der Waals surface area contributed by atoms with Crippen molar-refractivity contribution in [3.8, 4) is 0 Å². The first-order chi connectivity index (χ1) is 12.0. The van der Waals surface area contributed by atoms with Crippen LogP contribution in [0.4, 0.5) is 8.78 Å². The topological polar surface area (TPSA) is 66.8 Å². The molecule has 1 aromatic rings. The van der Waals surface area contributed by atoms with Crippen molar-refractivity contribution in [3.63, 3.8) is 0 Å². The molecular formula is C18H21F2NO4. The molecule has 136 valence electrons. The monoisotopic (exact) mass is 353 g/mol. The number of aliphatic carboxylic acids is 1. The fraction of sp³-hybridized carbons (Fsp3) is 0.556. The molecule has 1 N–H and O–H groups in total. The van der Waals surface area contributed by atoms with E-state index < -0.39 is 17.6 Å². The summed E-state index contributed by atoms with van der Waals surface area (Å²) in [6.07, 6.45) is 2.06. The molecule has 1 saturated carbocycles. The lowest BCUT2D eigenvalue weighted by molar-refractivity contribution is -0.139. The maximum absolute atomic E-state index is 13.9. The number of hydrogen-bond donors (Lipinski definition) is 1. The summed E-state index contributed by atoms with van der Waals surface area (Å²) in [5.41, 5.74) is 0.343. The molecule has 1 aromatic carbocycles. The van der Waals surface area contributed by atoms with Crippen LogP contribution in [0.1, 0.15) is 37.2 Å². The van der Waals surface area contributed by atoms with E-state index >= 15 is 0 Å². The first kappa shape index (κ1) is 17.8. The number of nitrogens with zero attached hydrogens (tertiary/aromatic N) is 1. The van der Waals surface area contributed by atoms with Gasteiger partial charge in [0, 0.05) is 31.7 Å². The maximum Gasteiger partial charge on any atom is 0.305 e. The van der Waals surface area contributed by atoms with Gasteiger partial charge in [0.2, 0.25) is 5.91 Å². The minimum Gasteiger partial charge on any atom is -0.481 e. The van der Waals surface area contributed by atoms with Crippen LogP contribution >= 0.6 is 0 Å². The van der Waals surface area contributed by atoms with Crippen molar-refractivity contribution in [2.75, 3.05) is 19.7 Å². The van der Waals surface area contributed by atoms with Gasteiger partial charge in [0.25, 0.3) is 0 Å². The van der Waals surface area contributed by atoms with Gasteiger partial charge in [0.15, 0.2) is 0 Å². The van der Waals surface area contributed by atoms with E-state index in [1.807, 2.05) is 0 Å². The molecule has 1 heterocycles.